The Morgan fingerprint density at radius 2 is 2.14 bits per heavy atom. The highest BCUT2D eigenvalue weighted by Crippen LogP contribution is 2.40. The van der Waals surface area contributed by atoms with E-state index < -0.39 is 12.1 Å². The van der Waals surface area contributed by atoms with Gasteiger partial charge in [0.05, 0.1) is 0 Å². The van der Waals surface area contributed by atoms with E-state index in [1.165, 1.54) is 6.08 Å². The first-order valence-electron chi connectivity index (χ1n) is 7.51. The summed E-state index contributed by atoms with van der Waals surface area (Å²) in [7, 11) is 0. The third-order valence-corrected chi connectivity index (χ3v) is 4.01. The molecular formula is C17H19NO4. The highest BCUT2D eigenvalue weighted by molar-refractivity contribution is 5.89. The molecule has 22 heavy (non-hydrogen) atoms. The molecule has 2 fully saturated rings. The van der Waals surface area contributed by atoms with Gasteiger partial charge >= 0.3 is 5.97 Å². The zero-order valence-corrected chi connectivity index (χ0v) is 12.3. The smallest absolute Gasteiger partial charge is 0.329 e. The summed E-state index contributed by atoms with van der Waals surface area (Å²) in [5.41, 5.74) is 0.992. The SMILES string of the molecule is C=CCOC(=O)[C@@H]1CCCN1C(=O)[C@@H]1O[C@H]1c1ccccc1. The fourth-order valence-corrected chi connectivity index (χ4v) is 2.87. The van der Waals surface area contributed by atoms with Crippen LogP contribution >= 0.6 is 0 Å². The molecule has 1 amide bonds. The molecule has 2 saturated heterocycles. The van der Waals surface area contributed by atoms with Crippen molar-refractivity contribution in [2.24, 2.45) is 0 Å². The van der Waals surface area contributed by atoms with Crippen molar-refractivity contribution in [3.05, 3.63) is 48.6 Å². The van der Waals surface area contributed by atoms with E-state index in [1.807, 2.05) is 30.3 Å². The molecule has 2 aliphatic rings. The van der Waals surface area contributed by atoms with Crippen molar-refractivity contribution in [1.29, 1.82) is 0 Å². The van der Waals surface area contributed by atoms with Gasteiger partial charge in [-0.2, -0.15) is 0 Å². The number of amides is 1. The monoisotopic (exact) mass is 301 g/mol. The Balaban J connectivity index is 1.63. The van der Waals surface area contributed by atoms with Crippen LogP contribution in [0.3, 0.4) is 0 Å². The second kappa shape index (κ2) is 6.32. The minimum atomic E-state index is -0.493. The van der Waals surface area contributed by atoms with Gasteiger partial charge in [-0.05, 0) is 18.4 Å². The molecule has 0 spiro atoms. The van der Waals surface area contributed by atoms with Crippen LogP contribution in [0.4, 0.5) is 0 Å². The third-order valence-electron chi connectivity index (χ3n) is 4.01. The first-order chi connectivity index (χ1) is 10.7. The van der Waals surface area contributed by atoms with Crippen molar-refractivity contribution in [3.63, 3.8) is 0 Å². The van der Waals surface area contributed by atoms with Gasteiger partial charge in [-0.25, -0.2) is 4.79 Å². The number of esters is 1. The fourth-order valence-electron chi connectivity index (χ4n) is 2.87. The van der Waals surface area contributed by atoms with Gasteiger partial charge in [-0.15, -0.1) is 0 Å². The lowest BCUT2D eigenvalue weighted by atomic mass is 10.1. The zero-order valence-electron chi connectivity index (χ0n) is 12.3. The van der Waals surface area contributed by atoms with Crippen molar-refractivity contribution in [1.82, 2.24) is 4.90 Å². The number of benzene rings is 1. The van der Waals surface area contributed by atoms with Gasteiger partial charge in [0.15, 0.2) is 6.10 Å². The molecule has 0 bridgehead atoms. The van der Waals surface area contributed by atoms with Crippen LogP contribution in [0.25, 0.3) is 0 Å². The maximum Gasteiger partial charge on any atom is 0.329 e. The molecular weight excluding hydrogens is 282 g/mol. The third kappa shape index (κ3) is 2.90. The van der Waals surface area contributed by atoms with E-state index in [1.54, 1.807) is 4.90 Å². The van der Waals surface area contributed by atoms with Crippen molar-refractivity contribution >= 4 is 11.9 Å². The van der Waals surface area contributed by atoms with Crippen molar-refractivity contribution in [3.8, 4) is 0 Å². The molecule has 5 heteroatoms. The number of likely N-dealkylation sites (tertiary alicyclic amines) is 1. The molecule has 5 nitrogen and oxygen atoms in total. The highest BCUT2D eigenvalue weighted by atomic mass is 16.6. The standard InChI is InChI=1S/C17H19NO4/c1-2-11-21-17(20)13-9-6-10-18(13)16(19)15-14(22-15)12-7-4-3-5-8-12/h2-5,7-8,13-15H,1,6,9-11H2/t13-,14-,15+/m0/s1. The van der Waals surface area contributed by atoms with Crippen LogP contribution in [0.2, 0.25) is 0 Å². The maximum atomic E-state index is 12.6. The minimum absolute atomic E-state index is 0.119. The van der Waals surface area contributed by atoms with Gasteiger partial charge in [0.1, 0.15) is 18.8 Å². The minimum Gasteiger partial charge on any atom is -0.460 e. The van der Waals surface area contributed by atoms with Crippen LogP contribution in [0.5, 0.6) is 0 Å². The van der Waals surface area contributed by atoms with Crippen molar-refractivity contribution in [2.45, 2.75) is 31.1 Å². The molecule has 1 aromatic carbocycles. The quantitative estimate of drug-likeness (QED) is 0.473. The summed E-state index contributed by atoms with van der Waals surface area (Å²) in [6.07, 6.45) is 2.30. The Morgan fingerprint density at radius 1 is 1.36 bits per heavy atom. The lowest BCUT2D eigenvalue weighted by molar-refractivity contribution is -0.152. The number of hydrogen-bond donors (Lipinski definition) is 0. The second-order valence-corrected chi connectivity index (χ2v) is 5.50. The molecule has 0 unspecified atom stereocenters. The number of hydrogen-bond acceptors (Lipinski definition) is 4. The number of carbonyl (C=O) groups is 2. The van der Waals surface area contributed by atoms with Crippen LogP contribution in [0, 0.1) is 0 Å². The predicted octanol–water partition coefficient (Wildman–Crippen LogP) is 1.85. The van der Waals surface area contributed by atoms with E-state index in [9.17, 15) is 9.59 Å². The Bertz CT molecular complexity index is 571. The van der Waals surface area contributed by atoms with Gasteiger partial charge in [0.25, 0.3) is 5.91 Å². The topological polar surface area (TPSA) is 59.1 Å². The fraction of sp³-hybridized carbons (Fsp3) is 0.412. The van der Waals surface area contributed by atoms with Gasteiger partial charge in [0, 0.05) is 6.54 Å². The molecule has 1 aromatic rings. The summed E-state index contributed by atoms with van der Waals surface area (Å²) >= 11 is 0. The van der Waals surface area contributed by atoms with Gasteiger partial charge in [0.2, 0.25) is 0 Å². The summed E-state index contributed by atoms with van der Waals surface area (Å²) < 4.78 is 10.6. The summed E-state index contributed by atoms with van der Waals surface area (Å²) in [6.45, 7) is 4.27. The van der Waals surface area contributed by atoms with E-state index in [0.29, 0.717) is 13.0 Å². The molecule has 2 heterocycles. The summed E-state index contributed by atoms with van der Waals surface area (Å²) in [5, 5.41) is 0. The summed E-state index contributed by atoms with van der Waals surface area (Å²) in [5.74, 6) is -0.477. The second-order valence-electron chi connectivity index (χ2n) is 5.50. The molecule has 0 aliphatic carbocycles. The van der Waals surface area contributed by atoms with Crippen LogP contribution in [-0.4, -0.2) is 42.1 Å². The van der Waals surface area contributed by atoms with Gasteiger partial charge < -0.3 is 14.4 Å². The van der Waals surface area contributed by atoms with Crippen LogP contribution < -0.4 is 0 Å². The number of epoxide rings is 1. The molecule has 0 radical (unpaired) electrons. The Kier molecular flexibility index (Phi) is 4.24. The maximum absolute atomic E-state index is 12.6. The van der Waals surface area contributed by atoms with Crippen molar-refractivity contribution < 1.29 is 19.1 Å². The molecule has 3 rings (SSSR count). The van der Waals surface area contributed by atoms with Crippen LogP contribution in [0.15, 0.2) is 43.0 Å². The highest BCUT2D eigenvalue weighted by Gasteiger charge is 2.50. The molecule has 0 saturated carbocycles. The number of rotatable bonds is 5. The largest absolute Gasteiger partial charge is 0.460 e. The average Bonchev–Trinajstić information content (AvgIpc) is 3.21. The summed E-state index contributed by atoms with van der Waals surface area (Å²) in [6, 6.07) is 9.16. The van der Waals surface area contributed by atoms with Gasteiger partial charge in [-0.3, -0.25) is 4.79 Å². The van der Waals surface area contributed by atoms with Crippen LogP contribution in [-0.2, 0) is 19.1 Å². The Labute approximate surface area is 129 Å². The lowest BCUT2D eigenvalue weighted by Crippen LogP contribution is -2.43. The van der Waals surface area contributed by atoms with E-state index in [-0.39, 0.29) is 24.6 Å². The first-order valence-corrected chi connectivity index (χ1v) is 7.51. The Hall–Kier alpha value is -2.14. The molecule has 116 valence electrons. The normalized spacial score (nSPS) is 26.5. The average molecular weight is 301 g/mol. The Morgan fingerprint density at radius 3 is 2.86 bits per heavy atom. The number of carbonyl (C=O) groups excluding carboxylic acids is 2. The van der Waals surface area contributed by atoms with E-state index >= 15 is 0 Å². The van der Waals surface area contributed by atoms with E-state index in [0.717, 1.165) is 12.0 Å². The zero-order chi connectivity index (χ0) is 15.5. The van der Waals surface area contributed by atoms with E-state index in [4.69, 9.17) is 9.47 Å². The molecule has 2 aliphatic heterocycles. The van der Waals surface area contributed by atoms with E-state index in [2.05, 4.69) is 6.58 Å². The number of ether oxygens (including phenoxy) is 2. The summed E-state index contributed by atoms with van der Waals surface area (Å²) in [4.78, 5) is 26.2. The lowest BCUT2D eigenvalue weighted by Gasteiger charge is -2.22. The molecule has 0 aromatic heterocycles. The predicted molar refractivity (Wildman–Crippen MR) is 79.9 cm³/mol. The van der Waals surface area contributed by atoms with Crippen molar-refractivity contribution in [2.75, 3.05) is 13.2 Å². The van der Waals surface area contributed by atoms with Crippen LogP contribution in [0.1, 0.15) is 24.5 Å². The molecule has 3 atom stereocenters. The first kappa shape index (κ1) is 14.8. The number of nitrogens with zero attached hydrogens (tertiary/aromatic N) is 1. The van der Waals surface area contributed by atoms with Gasteiger partial charge in [-0.1, -0.05) is 43.0 Å². The molecule has 0 N–H and O–H groups in total.